The summed E-state index contributed by atoms with van der Waals surface area (Å²) in [6.45, 7) is 8.28. The molecule has 8 nitrogen and oxygen atoms in total. The van der Waals surface area contributed by atoms with Crippen LogP contribution in [-0.4, -0.2) is 37.0 Å². The van der Waals surface area contributed by atoms with Crippen molar-refractivity contribution in [1.82, 2.24) is 24.5 Å². The number of imidazole rings is 1. The van der Waals surface area contributed by atoms with Crippen LogP contribution < -0.4 is 10.2 Å². The largest absolute Gasteiger partial charge is 0.326 e. The topological polar surface area (TPSA) is 88.8 Å². The van der Waals surface area contributed by atoms with Gasteiger partial charge in [0.1, 0.15) is 22.9 Å². The van der Waals surface area contributed by atoms with E-state index in [1.807, 2.05) is 38.3 Å². The van der Waals surface area contributed by atoms with Crippen molar-refractivity contribution in [3.05, 3.63) is 53.6 Å². The van der Waals surface area contributed by atoms with E-state index >= 15 is 0 Å². The van der Waals surface area contributed by atoms with Gasteiger partial charge >= 0.3 is 0 Å². The minimum atomic E-state index is -0.672. The van der Waals surface area contributed by atoms with Gasteiger partial charge in [0.15, 0.2) is 11.6 Å². The predicted octanol–water partition coefficient (Wildman–Crippen LogP) is 5.62. The molecule has 1 aliphatic rings. The number of benzene rings is 1. The van der Waals surface area contributed by atoms with E-state index in [0.717, 1.165) is 24.7 Å². The van der Waals surface area contributed by atoms with Crippen LogP contribution in [0.5, 0.6) is 0 Å². The van der Waals surface area contributed by atoms with Crippen molar-refractivity contribution in [1.29, 1.82) is 0 Å². The molecule has 4 aromatic rings. The van der Waals surface area contributed by atoms with Crippen molar-refractivity contribution >= 4 is 34.4 Å². The molecule has 1 aromatic carbocycles. The summed E-state index contributed by atoms with van der Waals surface area (Å²) in [6.07, 6.45) is 3.45. The molecule has 10 heteroatoms. The first-order valence-electron chi connectivity index (χ1n) is 12.0. The molecule has 36 heavy (non-hydrogen) atoms. The maximum Gasteiger partial charge on any atom is 0.229 e. The molecular weight excluding hydrogens is 464 g/mol. The molecule has 0 saturated carbocycles. The molecule has 5 rings (SSSR count). The Morgan fingerprint density at radius 1 is 1.03 bits per heavy atom. The van der Waals surface area contributed by atoms with Gasteiger partial charge in [0.2, 0.25) is 11.9 Å². The van der Waals surface area contributed by atoms with Crippen LogP contribution >= 0.6 is 0 Å². The number of anilines is 3. The Bertz CT molecular complexity index is 1480. The number of carbonyl (C=O) groups is 1. The molecule has 0 aliphatic carbocycles. The van der Waals surface area contributed by atoms with E-state index in [9.17, 15) is 13.6 Å². The number of hydrogen-bond acceptors (Lipinski definition) is 6. The van der Waals surface area contributed by atoms with Crippen LogP contribution in [0.25, 0.3) is 22.3 Å². The van der Waals surface area contributed by atoms with Gasteiger partial charge in [0.05, 0.1) is 23.1 Å². The quantitative estimate of drug-likeness (QED) is 0.390. The van der Waals surface area contributed by atoms with Crippen molar-refractivity contribution in [3.63, 3.8) is 0 Å². The molecule has 0 atom stereocenters. The van der Waals surface area contributed by atoms with Gasteiger partial charge in [-0.1, -0.05) is 0 Å². The lowest BCUT2D eigenvalue weighted by atomic mass is 10.1. The highest BCUT2D eigenvalue weighted by Crippen LogP contribution is 2.31. The maximum absolute atomic E-state index is 14.9. The Kier molecular flexibility index (Phi) is 6.11. The number of aryl methyl sites for hydroxylation is 2. The zero-order chi connectivity index (χ0) is 25.6. The van der Waals surface area contributed by atoms with Gasteiger partial charge in [-0.3, -0.25) is 4.79 Å². The van der Waals surface area contributed by atoms with E-state index < -0.39 is 11.6 Å². The molecule has 1 aliphatic heterocycles. The summed E-state index contributed by atoms with van der Waals surface area (Å²) in [7, 11) is 0. The standard InChI is InChI=1S/C26H27F2N7O/c1-14(2)35-16(4)31-25-18(27)11-17(12-21(25)35)24-19(28)13-29-26(33-24)32-22-9-8-20(15(3)30-22)34-10-6-5-7-23(34)36/h8-9,11-14H,5-7,10H2,1-4H3,(H,29,30,32,33). The maximum atomic E-state index is 14.9. The first-order valence-corrected chi connectivity index (χ1v) is 12.0. The Hall–Kier alpha value is -3.95. The lowest BCUT2D eigenvalue weighted by Gasteiger charge is -2.27. The minimum absolute atomic E-state index is 0.0327. The molecule has 1 fully saturated rings. The molecule has 1 N–H and O–H groups in total. The first kappa shape index (κ1) is 23.8. The number of halogens is 2. The summed E-state index contributed by atoms with van der Waals surface area (Å²) in [6, 6.07) is 6.54. The van der Waals surface area contributed by atoms with Crippen LogP contribution in [0.4, 0.5) is 26.2 Å². The minimum Gasteiger partial charge on any atom is -0.326 e. The zero-order valence-electron chi connectivity index (χ0n) is 20.6. The van der Waals surface area contributed by atoms with Crippen molar-refractivity contribution < 1.29 is 13.6 Å². The van der Waals surface area contributed by atoms with Crippen LogP contribution in [-0.2, 0) is 4.79 Å². The van der Waals surface area contributed by atoms with Crippen molar-refractivity contribution in [3.8, 4) is 11.3 Å². The molecule has 1 amide bonds. The third-order valence-electron chi connectivity index (χ3n) is 6.37. The lowest BCUT2D eigenvalue weighted by molar-refractivity contribution is -0.119. The van der Waals surface area contributed by atoms with Crippen LogP contribution in [0.1, 0.15) is 50.7 Å². The van der Waals surface area contributed by atoms with Crippen molar-refractivity contribution in [2.75, 3.05) is 16.8 Å². The number of amides is 1. The van der Waals surface area contributed by atoms with E-state index in [0.29, 0.717) is 35.8 Å². The summed E-state index contributed by atoms with van der Waals surface area (Å²) in [5.41, 5.74) is 2.52. The van der Waals surface area contributed by atoms with Gasteiger partial charge in [0, 0.05) is 24.6 Å². The summed E-state index contributed by atoms with van der Waals surface area (Å²) in [4.78, 5) is 31.3. The number of rotatable bonds is 5. The van der Waals surface area contributed by atoms with Crippen LogP contribution in [0, 0.1) is 25.5 Å². The van der Waals surface area contributed by atoms with Crippen LogP contribution in [0.15, 0.2) is 30.5 Å². The van der Waals surface area contributed by atoms with Crippen LogP contribution in [0.2, 0.25) is 0 Å². The van der Waals surface area contributed by atoms with Gasteiger partial charge in [-0.2, -0.15) is 0 Å². The molecule has 0 unspecified atom stereocenters. The summed E-state index contributed by atoms with van der Waals surface area (Å²) >= 11 is 0. The van der Waals surface area contributed by atoms with Gasteiger partial charge in [0.25, 0.3) is 0 Å². The highest BCUT2D eigenvalue weighted by Gasteiger charge is 2.22. The van der Waals surface area contributed by atoms with E-state index in [2.05, 4.69) is 25.3 Å². The summed E-state index contributed by atoms with van der Waals surface area (Å²) in [5.74, 6) is 0.129. The number of aromatic nitrogens is 5. The first-order chi connectivity index (χ1) is 17.2. The highest BCUT2D eigenvalue weighted by molar-refractivity contribution is 5.94. The number of nitrogens with zero attached hydrogens (tertiary/aromatic N) is 6. The number of nitrogens with one attached hydrogen (secondary N) is 1. The fourth-order valence-electron chi connectivity index (χ4n) is 4.77. The van der Waals surface area contributed by atoms with Gasteiger partial charge < -0.3 is 14.8 Å². The molecule has 0 radical (unpaired) electrons. The second kappa shape index (κ2) is 9.25. The molecule has 186 valence electrons. The second-order valence-corrected chi connectivity index (χ2v) is 9.27. The second-order valence-electron chi connectivity index (χ2n) is 9.27. The summed E-state index contributed by atoms with van der Waals surface area (Å²) in [5, 5.41) is 2.99. The Morgan fingerprint density at radius 2 is 1.83 bits per heavy atom. The third-order valence-corrected chi connectivity index (χ3v) is 6.37. The molecular formula is C26H27F2N7O. The average molecular weight is 492 g/mol. The van der Waals surface area contributed by atoms with E-state index in [1.165, 1.54) is 6.07 Å². The monoisotopic (exact) mass is 491 g/mol. The van der Waals surface area contributed by atoms with E-state index in [1.54, 1.807) is 17.0 Å². The fourth-order valence-corrected chi connectivity index (χ4v) is 4.77. The number of hydrogen-bond donors (Lipinski definition) is 1. The molecule has 0 spiro atoms. The number of piperidine rings is 1. The molecule has 1 saturated heterocycles. The van der Waals surface area contributed by atoms with Crippen molar-refractivity contribution in [2.45, 2.75) is 53.0 Å². The van der Waals surface area contributed by atoms with Gasteiger partial charge in [-0.05, 0) is 64.8 Å². The van der Waals surface area contributed by atoms with Gasteiger partial charge in [-0.25, -0.2) is 28.7 Å². The van der Waals surface area contributed by atoms with Crippen molar-refractivity contribution in [2.24, 2.45) is 0 Å². The zero-order valence-corrected chi connectivity index (χ0v) is 20.6. The molecule has 3 aromatic heterocycles. The highest BCUT2D eigenvalue weighted by atomic mass is 19.1. The Morgan fingerprint density at radius 3 is 2.56 bits per heavy atom. The summed E-state index contributed by atoms with van der Waals surface area (Å²) < 4.78 is 31.6. The van der Waals surface area contributed by atoms with Gasteiger partial charge in [-0.15, -0.1) is 0 Å². The molecule has 4 heterocycles. The fraction of sp³-hybridized carbons (Fsp3) is 0.346. The number of fused-ring (bicyclic) bond motifs is 1. The number of carbonyl (C=O) groups excluding carboxylic acids is 1. The predicted molar refractivity (Wildman–Crippen MR) is 134 cm³/mol. The molecule has 0 bridgehead atoms. The average Bonchev–Trinajstić information content (AvgIpc) is 3.18. The SMILES string of the molecule is Cc1nc(Nc2ncc(F)c(-c3cc(F)c4nc(C)n(C(C)C)c4c3)n2)ccc1N1CCCCC1=O. The smallest absolute Gasteiger partial charge is 0.229 e. The number of pyridine rings is 1. The third kappa shape index (κ3) is 4.27. The van der Waals surface area contributed by atoms with Crippen LogP contribution in [0.3, 0.4) is 0 Å². The Labute approximate surface area is 207 Å². The van der Waals surface area contributed by atoms with E-state index in [-0.39, 0.29) is 34.7 Å². The van der Waals surface area contributed by atoms with E-state index in [4.69, 9.17) is 0 Å². The lowest BCUT2D eigenvalue weighted by Crippen LogP contribution is -2.35. The normalized spacial score (nSPS) is 14.2. The Balaban J connectivity index is 1.47.